The van der Waals surface area contributed by atoms with E-state index in [2.05, 4.69) is 0 Å². The first-order valence-corrected chi connectivity index (χ1v) is 5.59. The Labute approximate surface area is 94.4 Å². The summed E-state index contributed by atoms with van der Waals surface area (Å²) in [7, 11) is 1.78. The van der Waals surface area contributed by atoms with Gasteiger partial charge in [0.1, 0.15) is 0 Å². The van der Waals surface area contributed by atoms with Crippen LogP contribution in [0.4, 0.5) is 9.59 Å². The standard InChI is InChI=1S/C10H17N3O3/c1-11-5-6-13(9(11)14)8-3-2-4-12(7-8)10(15)16/h8H,2-7H2,1H3,(H,15,16). The number of rotatable bonds is 1. The topological polar surface area (TPSA) is 64.1 Å². The predicted molar refractivity (Wildman–Crippen MR) is 57.4 cm³/mol. The molecule has 0 aliphatic carbocycles. The second-order valence-electron chi connectivity index (χ2n) is 4.42. The number of hydrogen-bond acceptors (Lipinski definition) is 2. The van der Waals surface area contributed by atoms with Crippen molar-refractivity contribution in [2.75, 3.05) is 33.2 Å². The Bertz CT molecular complexity index is 308. The van der Waals surface area contributed by atoms with Gasteiger partial charge in [0.25, 0.3) is 0 Å². The molecule has 0 saturated carbocycles. The van der Waals surface area contributed by atoms with Crippen molar-refractivity contribution >= 4 is 12.1 Å². The molecule has 6 nitrogen and oxygen atoms in total. The van der Waals surface area contributed by atoms with Crippen LogP contribution in [0, 0.1) is 0 Å². The molecule has 6 heteroatoms. The third-order valence-corrected chi connectivity index (χ3v) is 3.36. The van der Waals surface area contributed by atoms with Gasteiger partial charge in [-0.15, -0.1) is 0 Å². The van der Waals surface area contributed by atoms with E-state index >= 15 is 0 Å². The van der Waals surface area contributed by atoms with Crippen LogP contribution in [0.3, 0.4) is 0 Å². The highest BCUT2D eigenvalue weighted by molar-refractivity contribution is 5.76. The summed E-state index contributed by atoms with van der Waals surface area (Å²) in [4.78, 5) is 27.5. The van der Waals surface area contributed by atoms with E-state index in [0.29, 0.717) is 19.6 Å². The molecule has 0 aromatic carbocycles. The molecule has 2 fully saturated rings. The number of hydrogen-bond donors (Lipinski definition) is 1. The van der Waals surface area contributed by atoms with Gasteiger partial charge in [-0.1, -0.05) is 0 Å². The van der Waals surface area contributed by atoms with E-state index in [-0.39, 0.29) is 12.1 Å². The summed E-state index contributed by atoms with van der Waals surface area (Å²) in [6, 6.07) is 0.0829. The molecule has 0 aromatic rings. The molecule has 16 heavy (non-hydrogen) atoms. The van der Waals surface area contributed by atoms with Crippen molar-refractivity contribution in [3.8, 4) is 0 Å². The number of carbonyl (C=O) groups is 2. The largest absolute Gasteiger partial charge is 0.465 e. The monoisotopic (exact) mass is 227 g/mol. The first-order chi connectivity index (χ1) is 7.59. The smallest absolute Gasteiger partial charge is 0.407 e. The van der Waals surface area contributed by atoms with Crippen LogP contribution in [0.5, 0.6) is 0 Å². The van der Waals surface area contributed by atoms with E-state index < -0.39 is 6.09 Å². The Kier molecular flexibility index (Phi) is 2.89. The minimum absolute atomic E-state index is 0.0252. The summed E-state index contributed by atoms with van der Waals surface area (Å²) in [5.41, 5.74) is 0. The fraction of sp³-hybridized carbons (Fsp3) is 0.800. The molecule has 2 heterocycles. The zero-order valence-electron chi connectivity index (χ0n) is 9.43. The lowest BCUT2D eigenvalue weighted by atomic mass is 10.1. The molecule has 1 atom stereocenters. The lowest BCUT2D eigenvalue weighted by molar-refractivity contribution is 0.102. The van der Waals surface area contributed by atoms with Gasteiger partial charge in [-0.3, -0.25) is 0 Å². The molecule has 2 rings (SSSR count). The van der Waals surface area contributed by atoms with E-state index in [9.17, 15) is 9.59 Å². The summed E-state index contributed by atoms with van der Waals surface area (Å²) in [5, 5.41) is 8.93. The van der Waals surface area contributed by atoms with Gasteiger partial charge in [0.05, 0.1) is 6.04 Å². The summed E-state index contributed by atoms with van der Waals surface area (Å²) in [6.45, 7) is 2.49. The van der Waals surface area contributed by atoms with Crippen molar-refractivity contribution in [1.29, 1.82) is 0 Å². The zero-order chi connectivity index (χ0) is 11.7. The summed E-state index contributed by atoms with van der Waals surface area (Å²) in [5.74, 6) is 0. The highest BCUT2D eigenvalue weighted by atomic mass is 16.4. The van der Waals surface area contributed by atoms with Crippen LogP contribution in [0.2, 0.25) is 0 Å². The van der Waals surface area contributed by atoms with Crippen molar-refractivity contribution in [3.63, 3.8) is 0 Å². The second-order valence-corrected chi connectivity index (χ2v) is 4.42. The van der Waals surface area contributed by atoms with Gasteiger partial charge < -0.3 is 19.8 Å². The van der Waals surface area contributed by atoms with Gasteiger partial charge in [-0.25, -0.2) is 9.59 Å². The fourth-order valence-corrected chi connectivity index (χ4v) is 2.39. The normalized spacial score (nSPS) is 26.4. The van der Waals surface area contributed by atoms with E-state index in [1.54, 1.807) is 16.8 Å². The van der Waals surface area contributed by atoms with Crippen LogP contribution in [-0.2, 0) is 0 Å². The van der Waals surface area contributed by atoms with Gasteiger partial charge in [0.15, 0.2) is 0 Å². The van der Waals surface area contributed by atoms with Crippen LogP contribution < -0.4 is 0 Å². The molecule has 3 amide bonds. The average molecular weight is 227 g/mol. The molecule has 0 bridgehead atoms. The van der Waals surface area contributed by atoms with Gasteiger partial charge in [0.2, 0.25) is 0 Å². The second kappa shape index (κ2) is 4.19. The number of carbonyl (C=O) groups excluding carboxylic acids is 1. The predicted octanol–water partition coefficient (Wildman–Crippen LogP) is 0.496. The molecule has 0 aromatic heterocycles. The summed E-state index contributed by atoms with van der Waals surface area (Å²) >= 11 is 0. The van der Waals surface area contributed by atoms with Crippen molar-refractivity contribution in [1.82, 2.24) is 14.7 Å². The molecular weight excluding hydrogens is 210 g/mol. The van der Waals surface area contributed by atoms with Gasteiger partial charge in [-0.2, -0.15) is 0 Å². The van der Waals surface area contributed by atoms with E-state index in [0.717, 1.165) is 19.4 Å². The van der Waals surface area contributed by atoms with Crippen LogP contribution in [0.15, 0.2) is 0 Å². The highest BCUT2D eigenvalue weighted by Crippen LogP contribution is 2.19. The maximum absolute atomic E-state index is 11.8. The van der Waals surface area contributed by atoms with Crippen LogP contribution in [0.1, 0.15) is 12.8 Å². The maximum atomic E-state index is 11.8. The molecule has 2 saturated heterocycles. The van der Waals surface area contributed by atoms with Gasteiger partial charge in [-0.05, 0) is 12.8 Å². The molecule has 2 aliphatic rings. The van der Waals surface area contributed by atoms with Crippen molar-refractivity contribution in [2.45, 2.75) is 18.9 Å². The van der Waals surface area contributed by atoms with Crippen LogP contribution >= 0.6 is 0 Å². The molecule has 0 radical (unpaired) electrons. The van der Waals surface area contributed by atoms with Crippen molar-refractivity contribution in [2.24, 2.45) is 0 Å². The first kappa shape index (κ1) is 11.0. The minimum Gasteiger partial charge on any atom is -0.465 e. The number of likely N-dealkylation sites (tertiary alicyclic amines) is 1. The highest BCUT2D eigenvalue weighted by Gasteiger charge is 2.35. The molecule has 0 spiro atoms. The van der Waals surface area contributed by atoms with Crippen LogP contribution in [0.25, 0.3) is 0 Å². The maximum Gasteiger partial charge on any atom is 0.407 e. The minimum atomic E-state index is -0.885. The number of nitrogens with zero attached hydrogens (tertiary/aromatic N) is 3. The molecule has 1 N–H and O–H groups in total. The Balaban J connectivity index is 1.99. The average Bonchev–Trinajstić information content (AvgIpc) is 2.60. The van der Waals surface area contributed by atoms with Gasteiger partial charge in [0, 0.05) is 33.2 Å². The molecule has 1 unspecified atom stereocenters. The summed E-state index contributed by atoms with van der Waals surface area (Å²) < 4.78 is 0. The molecule has 90 valence electrons. The lowest BCUT2D eigenvalue weighted by Crippen LogP contribution is -2.50. The van der Waals surface area contributed by atoms with Crippen LogP contribution in [-0.4, -0.2) is 71.2 Å². The fourth-order valence-electron chi connectivity index (χ4n) is 2.39. The Morgan fingerprint density at radius 1 is 1.38 bits per heavy atom. The van der Waals surface area contributed by atoms with Crippen molar-refractivity contribution in [3.05, 3.63) is 0 Å². The Morgan fingerprint density at radius 3 is 2.69 bits per heavy atom. The van der Waals surface area contributed by atoms with Crippen molar-refractivity contribution < 1.29 is 14.7 Å². The molecule has 2 aliphatic heterocycles. The summed E-state index contributed by atoms with van der Waals surface area (Å²) in [6.07, 6.45) is 0.859. The lowest BCUT2D eigenvalue weighted by Gasteiger charge is -2.35. The third kappa shape index (κ3) is 1.91. The van der Waals surface area contributed by atoms with Gasteiger partial charge >= 0.3 is 12.1 Å². The van der Waals surface area contributed by atoms with E-state index in [4.69, 9.17) is 5.11 Å². The molecular formula is C10H17N3O3. The van der Waals surface area contributed by atoms with E-state index in [1.807, 2.05) is 0 Å². The number of urea groups is 1. The number of likely N-dealkylation sites (N-methyl/N-ethyl adjacent to an activating group) is 1. The number of piperidine rings is 1. The quantitative estimate of drug-likeness (QED) is 0.709. The number of carboxylic acid groups (broad SMARTS) is 1. The Hall–Kier alpha value is -1.46. The zero-order valence-corrected chi connectivity index (χ0v) is 9.43. The first-order valence-electron chi connectivity index (χ1n) is 5.59. The number of amides is 3. The SMILES string of the molecule is CN1CCN(C2CCCN(C(=O)O)C2)C1=O. The van der Waals surface area contributed by atoms with E-state index in [1.165, 1.54) is 4.90 Å². The Morgan fingerprint density at radius 2 is 2.12 bits per heavy atom. The third-order valence-electron chi connectivity index (χ3n) is 3.36.